The van der Waals surface area contributed by atoms with E-state index in [4.69, 9.17) is 16.4 Å². The van der Waals surface area contributed by atoms with Crippen LogP contribution in [0.3, 0.4) is 0 Å². The lowest BCUT2D eigenvalue weighted by Gasteiger charge is -2.03. The fourth-order valence-electron chi connectivity index (χ4n) is 1.15. The van der Waals surface area contributed by atoms with Crippen LogP contribution in [0.25, 0.3) is 0 Å². The number of hydrogen-bond donors (Lipinski definition) is 3. The summed E-state index contributed by atoms with van der Waals surface area (Å²) >= 11 is 0. The molecule has 4 N–H and O–H groups in total. The molecule has 0 bridgehead atoms. The first-order valence-electron chi connectivity index (χ1n) is 4.79. The zero-order chi connectivity index (χ0) is 13.7. The summed E-state index contributed by atoms with van der Waals surface area (Å²) in [5.41, 5.74) is 7.79. The number of nitro groups is 1. The first-order chi connectivity index (χ1) is 8.45. The highest BCUT2D eigenvalue weighted by molar-refractivity contribution is 6.45. The molecule has 0 spiro atoms. The van der Waals surface area contributed by atoms with Crippen molar-refractivity contribution in [3.05, 3.63) is 33.9 Å². The molecule has 0 heterocycles. The molecule has 0 aliphatic rings. The van der Waals surface area contributed by atoms with E-state index in [0.717, 1.165) is 5.56 Å². The van der Waals surface area contributed by atoms with E-state index in [9.17, 15) is 10.1 Å². The molecule has 0 amide bonds. The van der Waals surface area contributed by atoms with Gasteiger partial charge in [0.15, 0.2) is 5.84 Å². The van der Waals surface area contributed by atoms with Crippen LogP contribution in [0.15, 0.2) is 23.3 Å². The minimum Gasteiger partial charge on any atom is -0.382 e. The zero-order valence-corrected chi connectivity index (χ0v) is 9.47. The molecule has 8 heteroatoms. The van der Waals surface area contributed by atoms with Crippen molar-refractivity contribution in [1.82, 2.24) is 0 Å². The van der Waals surface area contributed by atoms with E-state index in [1.165, 1.54) is 12.1 Å². The Bertz CT molecular complexity index is 572. The van der Waals surface area contributed by atoms with Gasteiger partial charge in [-0.05, 0) is 18.6 Å². The third-order valence-corrected chi connectivity index (χ3v) is 2.00. The summed E-state index contributed by atoms with van der Waals surface area (Å²) in [5, 5.41) is 30.0. The van der Waals surface area contributed by atoms with Crippen LogP contribution in [0.5, 0.6) is 0 Å². The molecule has 0 atom stereocenters. The van der Waals surface area contributed by atoms with Crippen molar-refractivity contribution >= 4 is 22.9 Å². The van der Waals surface area contributed by atoms with Gasteiger partial charge >= 0.3 is 0 Å². The zero-order valence-electron chi connectivity index (χ0n) is 9.47. The van der Waals surface area contributed by atoms with E-state index in [-0.39, 0.29) is 17.1 Å². The molecule has 0 saturated carbocycles. The molecular weight excluding hydrogens is 236 g/mol. The number of nitrogens with zero attached hydrogens (tertiary/aromatic N) is 3. The Hall–Kier alpha value is -2.95. The molecule has 92 valence electrons. The van der Waals surface area contributed by atoms with Crippen LogP contribution >= 0.6 is 0 Å². The first-order valence-corrected chi connectivity index (χ1v) is 4.79. The van der Waals surface area contributed by atoms with E-state index in [1.54, 1.807) is 19.1 Å². The number of hydrazone groups is 1. The van der Waals surface area contributed by atoms with Gasteiger partial charge in [-0.25, -0.2) is 0 Å². The van der Waals surface area contributed by atoms with Gasteiger partial charge in [0.1, 0.15) is 11.8 Å². The molecule has 0 unspecified atom stereocenters. The Morgan fingerprint density at radius 3 is 2.83 bits per heavy atom. The minimum absolute atomic E-state index is 0.125. The van der Waals surface area contributed by atoms with E-state index in [1.807, 2.05) is 0 Å². The smallest absolute Gasteiger partial charge is 0.294 e. The van der Waals surface area contributed by atoms with E-state index < -0.39 is 10.8 Å². The Morgan fingerprint density at radius 2 is 2.33 bits per heavy atom. The van der Waals surface area contributed by atoms with Gasteiger partial charge in [-0.15, -0.1) is 0 Å². The molecule has 1 rings (SSSR count). The van der Waals surface area contributed by atoms with Crippen LogP contribution in [0.4, 0.5) is 11.4 Å². The maximum absolute atomic E-state index is 10.8. The maximum atomic E-state index is 10.8. The fraction of sp³-hybridized carbons (Fsp3) is 0.100. The van der Waals surface area contributed by atoms with Crippen LogP contribution in [0.1, 0.15) is 5.56 Å². The Morgan fingerprint density at radius 1 is 1.67 bits per heavy atom. The predicted molar refractivity (Wildman–Crippen MR) is 66.4 cm³/mol. The lowest BCUT2D eigenvalue weighted by atomic mass is 10.2. The molecule has 0 saturated heterocycles. The number of rotatable bonds is 4. The number of hydrogen-bond acceptors (Lipinski definition) is 6. The molecular formula is C10H10N6O2. The first kappa shape index (κ1) is 13.1. The normalized spacial score (nSPS) is 10.6. The number of aryl methyl sites for hydroxylation is 1. The molecule has 0 fully saturated rings. The van der Waals surface area contributed by atoms with Gasteiger partial charge in [0.2, 0.25) is 5.71 Å². The second-order valence-corrected chi connectivity index (χ2v) is 3.38. The number of nitrogens with two attached hydrogens (primary N) is 1. The SMILES string of the molecule is Cc1ccc(N/N=C(\C#N)C(=N)N)c([N+](=O)[O-])c1. The van der Waals surface area contributed by atoms with Gasteiger partial charge in [0, 0.05) is 6.07 Å². The highest BCUT2D eigenvalue weighted by Crippen LogP contribution is 2.25. The van der Waals surface area contributed by atoms with Crippen molar-refractivity contribution in [3.8, 4) is 6.07 Å². The summed E-state index contributed by atoms with van der Waals surface area (Å²) in [5.74, 6) is -0.514. The highest BCUT2D eigenvalue weighted by atomic mass is 16.6. The Labute approximate surface area is 102 Å². The summed E-state index contributed by atoms with van der Waals surface area (Å²) in [6.07, 6.45) is 0. The summed E-state index contributed by atoms with van der Waals surface area (Å²) < 4.78 is 0. The van der Waals surface area contributed by atoms with E-state index in [2.05, 4.69) is 10.5 Å². The predicted octanol–water partition coefficient (Wildman–Crippen LogP) is 1.13. The average molecular weight is 246 g/mol. The quantitative estimate of drug-likeness (QED) is 0.316. The lowest BCUT2D eigenvalue weighted by Crippen LogP contribution is -2.21. The van der Waals surface area contributed by atoms with Crippen LogP contribution in [-0.4, -0.2) is 16.5 Å². The molecule has 1 aromatic rings. The van der Waals surface area contributed by atoms with Crippen molar-refractivity contribution in [1.29, 1.82) is 10.7 Å². The summed E-state index contributed by atoms with van der Waals surface area (Å²) in [6.45, 7) is 1.72. The third-order valence-electron chi connectivity index (χ3n) is 2.00. The minimum atomic E-state index is -0.565. The van der Waals surface area contributed by atoms with Gasteiger partial charge in [-0.2, -0.15) is 10.4 Å². The molecule has 0 aromatic heterocycles. The molecule has 1 aromatic carbocycles. The number of amidine groups is 1. The summed E-state index contributed by atoms with van der Waals surface area (Å²) in [7, 11) is 0. The largest absolute Gasteiger partial charge is 0.382 e. The van der Waals surface area contributed by atoms with Crippen molar-refractivity contribution in [2.24, 2.45) is 10.8 Å². The van der Waals surface area contributed by atoms with Crippen molar-refractivity contribution in [2.45, 2.75) is 6.92 Å². The van der Waals surface area contributed by atoms with Gasteiger partial charge in [0.25, 0.3) is 5.69 Å². The monoisotopic (exact) mass is 246 g/mol. The Balaban J connectivity index is 3.09. The molecule has 0 radical (unpaired) electrons. The number of nitro benzene ring substituents is 1. The van der Waals surface area contributed by atoms with Crippen LogP contribution in [-0.2, 0) is 0 Å². The molecule has 18 heavy (non-hydrogen) atoms. The van der Waals surface area contributed by atoms with Crippen molar-refractivity contribution in [2.75, 3.05) is 5.43 Å². The number of nitrogens with one attached hydrogen (secondary N) is 2. The van der Waals surface area contributed by atoms with Gasteiger partial charge in [-0.3, -0.25) is 20.9 Å². The summed E-state index contributed by atoms with van der Waals surface area (Å²) in [4.78, 5) is 10.2. The second kappa shape index (κ2) is 5.40. The summed E-state index contributed by atoms with van der Waals surface area (Å²) in [6, 6.07) is 6.09. The van der Waals surface area contributed by atoms with Crippen LogP contribution in [0, 0.1) is 33.8 Å². The van der Waals surface area contributed by atoms with E-state index >= 15 is 0 Å². The van der Waals surface area contributed by atoms with E-state index in [0.29, 0.717) is 0 Å². The molecule has 8 nitrogen and oxygen atoms in total. The lowest BCUT2D eigenvalue weighted by molar-refractivity contribution is -0.384. The van der Waals surface area contributed by atoms with Gasteiger partial charge in [-0.1, -0.05) is 6.07 Å². The molecule has 0 aliphatic heterocycles. The van der Waals surface area contributed by atoms with Gasteiger partial charge < -0.3 is 5.73 Å². The number of benzene rings is 1. The van der Waals surface area contributed by atoms with Crippen LogP contribution < -0.4 is 11.2 Å². The fourth-order valence-corrected chi connectivity index (χ4v) is 1.15. The number of nitriles is 1. The van der Waals surface area contributed by atoms with Crippen LogP contribution in [0.2, 0.25) is 0 Å². The van der Waals surface area contributed by atoms with Gasteiger partial charge in [0.05, 0.1) is 4.92 Å². The maximum Gasteiger partial charge on any atom is 0.294 e. The third kappa shape index (κ3) is 3.02. The highest BCUT2D eigenvalue weighted by Gasteiger charge is 2.13. The topological polar surface area (TPSA) is 141 Å². The van der Waals surface area contributed by atoms with Crippen molar-refractivity contribution in [3.63, 3.8) is 0 Å². The standard InChI is InChI=1S/C10H10N6O2/c1-6-2-3-7(9(4-6)16(17)18)14-15-8(5-11)10(12)13/h2-4,14H,1H3,(H3,12,13)/b15-8+. The number of anilines is 1. The second-order valence-electron chi connectivity index (χ2n) is 3.38. The molecule has 0 aliphatic carbocycles. The average Bonchev–Trinajstić information content (AvgIpc) is 2.30. The van der Waals surface area contributed by atoms with Crippen molar-refractivity contribution < 1.29 is 4.92 Å². The Kier molecular flexibility index (Phi) is 3.93.